The maximum absolute atomic E-state index is 6.09. The van der Waals surface area contributed by atoms with Gasteiger partial charge in [0.15, 0.2) is 0 Å². The zero-order valence-electron chi connectivity index (χ0n) is 11.8. The summed E-state index contributed by atoms with van der Waals surface area (Å²) in [5, 5.41) is 0.736. The molecule has 1 atom stereocenters. The first-order valence-electron chi connectivity index (χ1n) is 6.47. The number of ether oxygens (including phenoxy) is 1. The van der Waals surface area contributed by atoms with Crippen LogP contribution < -0.4 is 0 Å². The minimum absolute atomic E-state index is 0.0121. The number of hydrogen-bond donors (Lipinski definition) is 0. The summed E-state index contributed by atoms with van der Waals surface area (Å²) < 4.78 is 6.09. The third-order valence-electron chi connectivity index (χ3n) is 2.74. The summed E-state index contributed by atoms with van der Waals surface area (Å²) in [5.74, 6) is 0.881. The van der Waals surface area contributed by atoms with Gasteiger partial charge in [0.05, 0.1) is 0 Å². The molecule has 0 amide bonds. The van der Waals surface area contributed by atoms with Gasteiger partial charge in [0.2, 0.25) is 0 Å². The molecule has 0 bridgehead atoms. The van der Waals surface area contributed by atoms with E-state index < -0.39 is 0 Å². The molecule has 0 aromatic heterocycles. The van der Waals surface area contributed by atoms with E-state index in [0.29, 0.717) is 0 Å². The maximum Gasteiger partial charge on any atom is 0.123 e. The second-order valence-corrected chi connectivity index (χ2v) is 4.97. The van der Waals surface area contributed by atoms with Gasteiger partial charge in [-0.1, -0.05) is 49.4 Å². The second-order valence-electron chi connectivity index (χ2n) is 4.53. The molecule has 1 aromatic rings. The van der Waals surface area contributed by atoms with Crippen LogP contribution in [-0.4, -0.2) is 0 Å². The first-order chi connectivity index (χ1) is 9.08. The van der Waals surface area contributed by atoms with Gasteiger partial charge in [0.25, 0.3) is 0 Å². The van der Waals surface area contributed by atoms with Crippen LogP contribution in [0.1, 0.15) is 38.9 Å². The van der Waals surface area contributed by atoms with E-state index in [1.807, 2.05) is 50.3 Å². The number of rotatable bonds is 6. The van der Waals surface area contributed by atoms with E-state index in [0.717, 1.165) is 28.3 Å². The van der Waals surface area contributed by atoms with Crippen molar-refractivity contribution in [1.29, 1.82) is 0 Å². The number of allylic oxidation sites excluding steroid dienone is 4. The van der Waals surface area contributed by atoms with Crippen molar-refractivity contribution in [3.05, 3.63) is 71.0 Å². The molecule has 2 heteroatoms. The molecule has 1 nitrogen and oxygen atoms in total. The molecule has 0 aliphatic carbocycles. The van der Waals surface area contributed by atoms with Crippen molar-refractivity contribution in [3.63, 3.8) is 0 Å². The van der Waals surface area contributed by atoms with E-state index in [9.17, 15) is 0 Å². The fourth-order valence-electron chi connectivity index (χ4n) is 1.73. The highest BCUT2D eigenvalue weighted by molar-refractivity contribution is 6.30. The molecular weight excluding hydrogens is 256 g/mol. The Kier molecular flexibility index (Phi) is 6.44. The van der Waals surface area contributed by atoms with Crippen molar-refractivity contribution in [2.45, 2.75) is 33.3 Å². The van der Waals surface area contributed by atoms with E-state index in [-0.39, 0.29) is 6.10 Å². The Morgan fingerprint density at radius 2 is 2.16 bits per heavy atom. The summed E-state index contributed by atoms with van der Waals surface area (Å²) in [7, 11) is 0. The zero-order chi connectivity index (χ0) is 14.3. The van der Waals surface area contributed by atoms with Crippen molar-refractivity contribution in [2.24, 2.45) is 0 Å². The average molecular weight is 277 g/mol. The smallest absolute Gasteiger partial charge is 0.123 e. The van der Waals surface area contributed by atoms with Gasteiger partial charge < -0.3 is 4.74 Å². The molecule has 0 saturated heterocycles. The highest BCUT2D eigenvalue weighted by Crippen LogP contribution is 2.27. The van der Waals surface area contributed by atoms with Gasteiger partial charge in [0.1, 0.15) is 11.9 Å². The van der Waals surface area contributed by atoms with E-state index in [4.69, 9.17) is 16.3 Å². The maximum atomic E-state index is 6.09. The Labute approximate surface area is 121 Å². The SMILES string of the molecule is C=C/C=C\C(OC(CC)c1cccc(Cl)c1)=C(C)C. The van der Waals surface area contributed by atoms with E-state index in [2.05, 4.69) is 13.5 Å². The van der Waals surface area contributed by atoms with E-state index >= 15 is 0 Å². The van der Waals surface area contributed by atoms with Crippen LogP contribution in [-0.2, 0) is 4.74 Å². The zero-order valence-corrected chi connectivity index (χ0v) is 12.6. The lowest BCUT2D eigenvalue weighted by Gasteiger charge is -2.20. The molecular formula is C17H21ClO. The van der Waals surface area contributed by atoms with Crippen molar-refractivity contribution in [3.8, 4) is 0 Å². The molecule has 102 valence electrons. The molecule has 1 unspecified atom stereocenters. The molecule has 1 rings (SSSR count). The Morgan fingerprint density at radius 3 is 2.68 bits per heavy atom. The topological polar surface area (TPSA) is 9.23 Å². The predicted octanol–water partition coefficient (Wildman–Crippen LogP) is 5.84. The first-order valence-corrected chi connectivity index (χ1v) is 6.85. The molecule has 0 spiro atoms. The van der Waals surface area contributed by atoms with Gasteiger partial charge in [-0.15, -0.1) is 0 Å². The van der Waals surface area contributed by atoms with Gasteiger partial charge in [-0.05, 0) is 49.6 Å². The summed E-state index contributed by atoms with van der Waals surface area (Å²) in [6.45, 7) is 9.85. The Bertz CT molecular complexity index is 482. The van der Waals surface area contributed by atoms with Crippen molar-refractivity contribution < 1.29 is 4.74 Å². The minimum atomic E-state index is 0.0121. The second kappa shape index (κ2) is 7.85. The summed E-state index contributed by atoms with van der Waals surface area (Å²) in [5.41, 5.74) is 2.24. The van der Waals surface area contributed by atoms with Crippen LogP contribution in [0.15, 0.2) is 60.4 Å². The summed E-state index contributed by atoms with van der Waals surface area (Å²) >= 11 is 6.03. The lowest BCUT2D eigenvalue weighted by molar-refractivity contribution is 0.120. The van der Waals surface area contributed by atoms with E-state index in [1.165, 1.54) is 0 Å². The van der Waals surface area contributed by atoms with Crippen LogP contribution in [0.2, 0.25) is 5.02 Å². The van der Waals surface area contributed by atoms with Gasteiger partial charge in [0, 0.05) is 5.02 Å². The summed E-state index contributed by atoms with van der Waals surface area (Å²) in [6, 6.07) is 7.82. The summed E-state index contributed by atoms with van der Waals surface area (Å²) in [6.07, 6.45) is 6.46. The molecule has 0 fully saturated rings. The largest absolute Gasteiger partial charge is 0.486 e. The van der Waals surface area contributed by atoms with Crippen LogP contribution >= 0.6 is 11.6 Å². The van der Waals surface area contributed by atoms with Crippen molar-refractivity contribution >= 4 is 11.6 Å². The van der Waals surface area contributed by atoms with Crippen LogP contribution in [0, 0.1) is 0 Å². The number of benzene rings is 1. The number of hydrogen-bond acceptors (Lipinski definition) is 1. The lowest BCUT2D eigenvalue weighted by Crippen LogP contribution is -2.03. The monoisotopic (exact) mass is 276 g/mol. The molecule has 0 radical (unpaired) electrons. The van der Waals surface area contributed by atoms with Gasteiger partial charge in [-0.25, -0.2) is 0 Å². The molecule has 0 saturated carbocycles. The fraction of sp³-hybridized carbons (Fsp3) is 0.294. The predicted molar refractivity (Wildman–Crippen MR) is 83.3 cm³/mol. The normalized spacial score (nSPS) is 12.2. The Hall–Kier alpha value is -1.47. The highest BCUT2D eigenvalue weighted by Gasteiger charge is 2.12. The lowest BCUT2D eigenvalue weighted by atomic mass is 10.1. The Morgan fingerprint density at radius 1 is 1.42 bits per heavy atom. The Balaban J connectivity index is 2.95. The quantitative estimate of drug-likeness (QED) is 0.468. The minimum Gasteiger partial charge on any atom is -0.486 e. The van der Waals surface area contributed by atoms with Gasteiger partial charge >= 0.3 is 0 Å². The molecule has 0 N–H and O–H groups in total. The summed E-state index contributed by atoms with van der Waals surface area (Å²) in [4.78, 5) is 0. The van der Waals surface area contributed by atoms with Gasteiger partial charge in [-0.3, -0.25) is 0 Å². The van der Waals surface area contributed by atoms with Gasteiger partial charge in [-0.2, -0.15) is 0 Å². The van der Waals surface area contributed by atoms with Crippen LogP contribution in [0.4, 0.5) is 0 Å². The molecule has 0 aliphatic rings. The van der Waals surface area contributed by atoms with Crippen molar-refractivity contribution in [1.82, 2.24) is 0 Å². The molecule has 1 aromatic carbocycles. The molecule has 19 heavy (non-hydrogen) atoms. The first kappa shape index (κ1) is 15.6. The highest BCUT2D eigenvalue weighted by atomic mass is 35.5. The van der Waals surface area contributed by atoms with Crippen molar-refractivity contribution in [2.75, 3.05) is 0 Å². The third-order valence-corrected chi connectivity index (χ3v) is 2.97. The van der Waals surface area contributed by atoms with E-state index in [1.54, 1.807) is 6.08 Å². The van der Waals surface area contributed by atoms with Crippen LogP contribution in [0.25, 0.3) is 0 Å². The average Bonchev–Trinajstić information content (AvgIpc) is 2.38. The van der Waals surface area contributed by atoms with Crippen LogP contribution in [0.5, 0.6) is 0 Å². The standard InChI is InChI=1S/C17H21ClO/c1-5-7-11-17(13(3)4)19-16(6-2)14-9-8-10-15(18)12-14/h5,7-12,16H,1,6H2,2-4H3/b11-7-. The molecule has 0 heterocycles. The fourth-order valence-corrected chi connectivity index (χ4v) is 1.93. The number of halogens is 1. The third kappa shape index (κ3) is 4.96. The molecule has 0 aliphatic heterocycles. The van der Waals surface area contributed by atoms with Crippen LogP contribution in [0.3, 0.4) is 0 Å².